The van der Waals surface area contributed by atoms with Gasteiger partial charge in [0.05, 0.1) is 13.2 Å². The molecule has 0 spiro atoms. The van der Waals surface area contributed by atoms with Crippen molar-refractivity contribution in [1.29, 1.82) is 0 Å². The summed E-state index contributed by atoms with van der Waals surface area (Å²) in [4.78, 5) is 30.0. The quantitative estimate of drug-likeness (QED) is 0.364. The standard InChI is InChI=1S/C31H26FN3O4S/c32-23-11-6-9-21-19-40-25-12-5-4-10-22(25)28(27(21)23)35-26-18-38-16-15-33(26)31(37)29-30(24(36)13-14-34(29)35)39-17-20-7-2-1-3-8-20/h1-14,26,28H,15-19H2/t26-,28-/m1/s1. The highest BCUT2D eigenvalue weighted by Gasteiger charge is 2.46. The van der Waals surface area contributed by atoms with E-state index in [1.807, 2.05) is 65.7 Å². The van der Waals surface area contributed by atoms with Crippen molar-refractivity contribution >= 4 is 17.7 Å². The summed E-state index contributed by atoms with van der Waals surface area (Å²) in [5, 5.41) is 1.98. The number of fused-ring (bicyclic) bond motifs is 4. The van der Waals surface area contributed by atoms with Gasteiger partial charge in [-0.3, -0.25) is 19.3 Å². The molecule has 7 nitrogen and oxygen atoms in total. The van der Waals surface area contributed by atoms with E-state index >= 15 is 4.39 Å². The van der Waals surface area contributed by atoms with Crippen molar-refractivity contribution in [3.05, 3.63) is 129 Å². The number of morpholine rings is 1. The topological polar surface area (TPSA) is 64.0 Å². The van der Waals surface area contributed by atoms with Crippen molar-refractivity contribution in [1.82, 2.24) is 9.58 Å². The number of benzene rings is 3. The number of amides is 1. The molecule has 40 heavy (non-hydrogen) atoms. The first-order valence-corrected chi connectivity index (χ1v) is 14.2. The minimum absolute atomic E-state index is 0.0173. The molecule has 1 amide bonds. The highest BCUT2D eigenvalue weighted by molar-refractivity contribution is 7.98. The number of aromatic nitrogens is 1. The molecule has 3 aliphatic rings. The van der Waals surface area contributed by atoms with Crippen molar-refractivity contribution in [3.63, 3.8) is 0 Å². The van der Waals surface area contributed by atoms with E-state index in [0.29, 0.717) is 24.5 Å². The molecule has 0 saturated carbocycles. The fraction of sp³-hybridized carbons (Fsp3) is 0.226. The number of carbonyl (C=O) groups is 1. The van der Waals surface area contributed by atoms with Gasteiger partial charge >= 0.3 is 0 Å². The van der Waals surface area contributed by atoms with Crippen LogP contribution in [0.5, 0.6) is 5.75 Å². The molecule has 202 valence electrons. The SMILES string of the molecule is O=C1c2c(OCc3ccccc3)c(=O)ccn2N([C@@H]2c3ccccc3SCc3cccc(F)c32)[C@@H]2COCCN12. The van der Waals surface area contributed by atoms with Crippen LogP contribution in [0.2, 0.25) is 0 Å². The number of pyridine rings is 1. The second-order valence-corrected chi connectivity index (χ2v) is 11.0. The third kappa shape index (κ3) is 4.08. The number of hydrogen-bond donors (Lipinski definition) is 0. The van der Waals surface area contributed by atoms with Crippen LogP contribution in [0.4, 0.5) is 4.39 Å². The van der Waals surface area contributed by atoms with E-state index in [2.05, 4.69) is 0 Å². The minimum atomic E-state index is -0.590. The van der Waals surface area contributed by atoms with Gasteiger partial charge in [-0.05, 0) is 28.8 Å². The number of carbonyl (C=O) groups excluding carboxylic acids is 1. The molecule has 0 bridgehead atoms. The molecule has 0 aliphatic carbocycles. The van der Waals surface area contributed by atoms with Crippen molar-refractivity contribution in [2.45, 2.75) is 29.5 Å². The predicted molar refractivity (Wildman–Crippen MR) is 150 cm³/mol. The Kier molecular flexibility index (Phi) is 6.32. The maximum atomic E-state index is 15.8. The molecule has 3 aromatic carbocycles. The third-order valence-electron chi connectivity index (χ3n) is 7.66. The van der Waals surface area contributed by atoms with Crippen molar-refractivity contribution < 1.29 is 18.7 Å². The Balaban J connectivity index is 1.45. The Labute approximate surface area is 234 Å². The molecular formula is C31H26FN3O4S. The van der Waals surface area contributed by atoms with Crippen LogP contribution in [0.1, 0.15) is 38.8 Å². The molecule has 4 heterocycles. The zero-order valence-corrected chi connectivity index (χ0v) is 22.4. The fourth-order valence-electron chi connectivity index (χ4n) is 5.83. The third-order valence-corrected chi connectivity index (χ3v) is 8.80. The van der Waals surface area contributed by atoms with E-state index in [0.717, 1.165) is 21.6 Å². The van der Waals surface area contributed by atoms with Gasteiger partial charge in [-0.15, -0.1) is 11.8 Å². The van der Waals surface area contributed by atoms with Gasteiger partial charge in [0.15, 0.2) is 11.4 Å². The Hall–Kier alpha value is -4.08. The second-order valence-electron chi connectivity index (χ2n) is 9.95. The monoisotopic (exact) mass is 555 g/mol. The normalized spacial score (nSPS) is 19.7. The smallest absolute Gasteiger partial charge is 0.278 e. The van der Waals surface area contributed by atoms with Crippen LogP contribution in [0.15, 0.2) is 94.7 Å². The molecular weight excluding hydrogens is 529 g/mol. The summed E-state index contributed by atoms with van der Waals surface area (Å²) in [6.45, 7) is 1.09. The van der Waals surface area contributed by atoms with E-state index in [9.17, 15) is 9.59 Å². The van der Waals surface area contributed by atoms with E-state index in [-0.39, 0.29) is 41.8 Å². The molecule has 9 heteroatoms. The van der Waals surface area contributed by atoms with E-state index in [4.69, 9.17) is 9.47 Å². The lowest BCUT2D eigenvalue weighted by Gasteiger charge is -2.51. The number of thioether (sulfide) groups is 1. The summed E-state index contributed by atoms with van der Waals surface area (Å²) in [6, 6.07) is 23.5. The summed E-state index contributed by atoms with van der Waals surface area (Å²) in [5.74, 6) is -0.0319. The first-order valence-electron chi connectivity index (χ1n) is 13.2. The Morgan fingerprint density at radius 2 is 1.80 bits per heavy atom. The second kappa shape index (κ2) is 10.1. The van der Waals surface area contributed by atoms with Gasteiger partial charge in [-0.25, -0.2) is 4.39 Å². The molecule has 1 saturated heterocycles. The maximum absolute atomic E-state index is 15.8. The molecule has 0 N–H and O–H groups in total. The number of rotatable bonds is 4. The van der Waals surface area contributed by atoms with Crippen LogP contribution < -0.4 is 15.2 Å². The number of hydrogen-bond acceptors (Lipinski definition) is 6. The Bertz CT molecular complexity index is 1660. The van der Waals surface area contributed by atoms with Crippen LogP contribution in [0.25, 0.3) is 0 Å². The largest absolute Gasteiger partial charge is 0.482 e. The zero-order valence-electron chi connectivity index (χ0n) is 21.5. The highest BCUT2D eigenvalue weighted by Crippen LogP contribution is 2.45. The van der Waals surface area contributed by atoms with Gasteiger partial charge in [0, 0.05) is 35.0 Å². The number of halogens is 1. The summed E-state index contributed by atoms with van der Waals surface area (Å²) in [6.07, 6.45) is 1.07. The molecule has 0 unspecified atom stereocenters. The first kappa shape index (κ1) is 24.9. The van der Waals surface area contributed by atoms with E-state index in [1.54, 1.807) is 33.6 Å². The van der Waals surface area contributed by atoms with Gasteiger partial charge in [0.2, 0.25) is 5.43 Å². The molecule has 4 aromatic rings. The summed E-state index contributed by atoms with van der Waals surface area (Å²) in [5.41, 5.74) is 2.98. The van der Waals surface area contributed by atoms with Gasteiger partial charge in [-0.2, -0.15) is 0 Å². The lowest BCUT2D eigenvalue weighted by molar-refractivity contribution is -0.0199. The summed E-state index contributed by atoms with van der Waals surface area (Å²) < 4.78 is 29.5. The van der Waals surface area contributed by atoms with E-state index in [1.165, 1.54) is 12.1 Å². The highest BCUT2D eigenvalue weighted by atomic mass is 32.2. The molecule has 0 radical (unpaired) electrons. The van der Waals surface area contributed by atoms with Crippen molar-refractivity contribution in [2.24, 2.45) is 0 Å². The number of nitrogens with zero attached hydrogens (tertiary/aromatic N) is 3. The molecule has 2 atom stereocenters. The predicted octanol–water partition coefficient (Wildman–Crippen LogP) is 4.71. The average Bonchev–Trinajstić information content (AvgIpc) is 3.15. The van der Waals surface area contributed by atoms with Crippen LogP contribution in [-0.4, -0.2) is 41.4 Å². The Morgan fingerprint density at radius 3 is 2.67 bits per heavy atom. The molecule has 7 rings (SSSR count). The molecule has 1 fully saturated rings. The lowest BCUT2D eigenvalue weighted by atomic mass is 9.93. The summed E-state index contributed by atoms with van der Waals surface area (Å²) in [7, 11) is 0. The molecule has 1 aromatic heterocycles. The van der Waals surface area contributed by atoms with E-state index < -0.39 is 12.2 Å². The average molecular weight is 556 g/mol. The van der Waals surface area contributed by atoms with Crippen LogP contribution in [0.3, 0.4) is 0 Å². The van der Waals surface area contributed by atoms with Gasteiger partial charge in [-0.1, -0.05) is 60.7 Å². The molecule has 3 aliphatic heterocycles. The Morgan fingerprint density at radius 1 is 0.975 bits per heavy atom. The van der Waals surface area contributed by atoms with Crippen LogP contribution in [-0.2, 0) is 17.1 Å². The maximum Gasteiger partial charge on any atom is 0.278 e. The zero-order chi connectivity index (χ0) is 27.2. The van der Waals surface area contributed by atoms with Crippen molar-refractivity contribution in [3.8, 4) is 5.75 Å². The van der Waals surface area contributed by atoms with Gasteiger partial charge < -0.3 is 14.4 Å². The summed E-state index contributed by atoms with van der Waals surface area (Å²) >= 11 is 1.66. The van der Waals surface area contributed by atoms with Crippen LogP contribution in [0, 0.1) is 5.82 Å². The van der Waals surface area contributed by atoms with Gasteiger partial charge in [0.1, 0.15) is 24.6 Å². The number of ether oxygens (including phenoxy) is 2. The van der Waals surface area contributed by atoms with Gasteiger partial charge in [0.25, 0.3) is 5.91 Å². The lowest BCUT2D eigenvalue weighted by Crippen LogP contribution is -2.66. The van der Waals surface area contributed by atoms with Crippen LogP contribution >= 0.6 is 11.8 Å². The fourth-order valence-corrected chi connectivity index (χ4v) is 6.91. The van der Waals surface area contributed by atoms with Crippen molar-refractivity contribution in [2.75, 3.05) is 24.8 Å². The first-order chi connectivity index (χ1) is 19.6. The minimum Gasteiger partial charge on any atom is -0.482 e.